The summed E-state index contributed by atoms with van der Waals surface area (Å²) in [4.78, 5) is 19.1. The van der Waals surface area contributed by atoms with Gasteiger partial charge in [0.25, 0.3) is 5.91 Å². The van der Waals surface area contributed by atoms with Crippen molar-refractivity contribution in [2.45, 2.75) is 13.2 Å². The van der Waals surface area contributed by atoms with Crippen molar-refractivity contribution in [3.05, 3.63) is 64.3 Å². The Bertz CT molecular complexity index is 1290. The SMILES string of the molecule is CN1CC(Cn2cc(NC(=O)c3n[nH]c4ccc(OCc5c(Cl)cncc5Cl)cc34)cn2)C1. The molecule has 0 aliphatic carbocycles. The van der Waals surface area contributed by atoms with Crippen LogP contribution in [0.2, 0.25) is 10.0 Å². The molecule has 2 N–H and O–H groups in total. The van der Waals surface area contributed by atoms with E-state index in [4.69, 9.17) is 27.9 Å². The Morgan fingerprint density at radius 3 is 2.79 bits per heavy atom. The lowest BCUT2D eigenvalue weighted by Gasteiger charge is -2.35. The zero-order chi connectivity index (χ0) is 22.9. The van der Waals surface area contributed by atoms with Gasteiger partial charge in [-0.25, -0.2) is 0 Å². The van der Waals surface area contributed by atoms with Gasteiger partial charge in [0.1, 0.15) is 12.4 Å². The number of fused-ring (bicyclic) bond motifs is 1. The van der Waals surface area contributed by atoms with Crippen molar-refractivity contribution >= 4 is 45.7 Å². The van der Waals surface area contributed by atoms with E-state index < -0.39 is 0 Å². The molecular formula is C22H21Cl2N7O2. The van der Waals surface area contributed by atoms with E-state index in [9.17, 15) is 4.79 Å². The first-order chi connectivity index (χ1) is 16.0. The van der Waals surface area contributed by atoms with Crippen molar-refractivity contribution in [1.29, 1.82) is 0 Å². The van der Waals surface area contributed by atoms with Crippen LogP contribution in [0, 0.1) is 5.92 Å². The van der Waals surface area contributed by atoms with Gasteiger partial charge in [-0.2, -0.15) is 10.2 Å². The van der Waals surface area contributed by atoms with Gasteiger partial charge in [0.15, 0.2) is 5.69 Å². The van der Waals surface area contributed by atoms with E-state index >= 15 is 0 Å². The Kier molecular flexibility index (Phi) is 5.92. The number of amides is 1. The second-order valence-electron chi connectivity index (χ2n) is 8.14. The van der Waals surface area contributed by atoms with Gasteiger partial charge in [-0.1, -0.05) is 23.2 Å². The van der Waals surface area contributed by atoms with Crippen LogP contribution in [0.3, 0.4) is 0 Å². The zero-order valence-corrected chi connectivity index (χ0v) is 19.3. The number of likely N-dealkylation sites (tertiary alicyclic amines) is 1. The van der Waals surface area contributed by atoms with Crippen molar-refractivity contribution in [1.82, 2.24) is 29.9 Å². The summed E-state index contributed by atoms with van der Waals surface area (Å²) in [6, 6.07) is 5.35. The van der Waals surface area contributed by atoms with E-state index in [-0.39, 0.29) is 18.2 Å². The summed E-state index contributed by atoms with van der Waals surface area (Å²) in [5.41, 5.74) is 2.25. The van der Waals surface area contributed by atoms with Crippen LogP contribution in [0.1, 0.15) is 16.1 Å². The molecule has 1 aliphatic heterocycles. The number of carbonyl (C=O) groups excluding carboxylic acids is 1. The fourth-order valence-corrected chi connectivity index (χ4v) is 4.39. The van der Waals surface area contributed by atoms with E-state index in [1.807, 2.05) is 10.9 Å². The maximum atomic E-state index is 12.9. The molecule has 0 bridgehead atoms. The molecule has 0 radical (unpaired) electrons. The average molecular weight is 486 g/mol. The molecule has 9 nitrogen and oxygen atoms in total. The number of rotatable bonds is 7. The number of anilines is 1. The molecule has 1 aliphatic rings. The van der Waals surface area contributed by atoms with Gasteiger partial charge in [-0.3, -0.25) is 19.6 Å². The number of nitrogens with one attached hydrogen (secondary N) is 2. The highest BCUT2D eigenvalue weighted by Crippen LogP contribution is 2.27. The number of H-pyrrole nitrogens is 1. The maximum Gasteiger partial charge on any atom is 0.276 e. The highest BCUT2D eigenvalue weighted by Gasteiger charge is 2.24. The Morgan fingerprint density at radius 2 is 2.03 bits per heavy atom. The lowest BCUT2D eigenvalue weighted by atomic mass is 10.0. The largest absolute Gasteiger partial charge is 0.489 e. The highest BCUT2D eigenvalue weighted by atomic mass is 35.5. The fourth-order valence-electron chi connectivity index (χ4n) is 3.91. The molecule has 11 heteroatoms. The summed E-state index contributed by atoms with van der Waals surface area (Å²) in [6.07, 6.45) is 6.51. The lowest BCUT2D eigenvalue weighted by molar-refractivity contribution is 0.102. The van der Waals surface area contributed by atoms with E-state index in [0.29, 0.717) is 38.3 Å². The molecule has 4 heterocycles. The molecule has 0 unspecified atom stereocenters. The zero-order valence-electron chi connectivity index (χ0n) is 17.8. The third kappa shape index (κ3) is 4.66. The van der Waals surface area contributed by atoms with Crippen LogP contribution in [0.5, 0.6) is 5.75 Å². The van der Waals surface area contributed by atoms with Crippen LogP contribution in [-0.2, 0) is 13.2 Å². The summed E-state index contributed by atoms with van der Waals surface area (Å²) in [5, 5.41) is 15.8. The van der Waals surface area contributed by atoms with Crippen LogP contribution >= 0.6 is 23.2 Å². The number of aromatic amines is 1. The molecule has 1 fully saturated rings. The highest BCUT2D eigenvalue weighted by molar-refractivity contribution is 6.35. The van der Waals surface area contributed by atoms with Gasteiger partial charge in [-0.15, -0.1) is 0 Å². The number of hydrogen-bond donors (Lipinski definition) is 2. The average Bonchev–Trinajstić information content (AvgIpc) is 3.38. The van der Waals surface area contributed by atoms with Crippen molar-refractivity contribution in [2.75, 3.05) is 25.5 Å². The normalized spacial score (nSPS) is 14.4. The van der Waals surface area contributed by atoms with Crippen LogP contribution in [0.4, 0.5) is 5.69 Å². The molecule has 5 rings (SSSR count). The van der Waals surface area contributed by atoms with Crippen LogP contribution in [0.15, 0.2) is 43.0 Å². The monoisotopic (exact) mass is 485 g/mol. The third-order valence-corrected chi connectivity index (χ3v) is 6.21. The quantitative estimate of drug-likeness (QED) is 0.412. The molecule has 3 aromatic heterocycles. The van der Waals surface area contributed by atoms with E-state index in [0.717, 1.165) is 25.2 Å². The lowest BCUT2D eigenvalue weighted by Crippen LogP contribution is -2.45. The van der Waals surface area contributed by atoms with E-state index in [2.05, 4.69) is 37.5 Å². The second-order valence-corrected chi connectivity index (χ2v) is 8.96. The van der Waals surface area contributed by atoms with Crippen molar-refractivity contribution in [3.63, 3.8) is 0 Å². The number of ether oxygens (including phenoxy) is 1. The van der Waals surface area contributed by atoms with E-state index in [1.165, 1.54) is 12.4 Å². The number of halogens is 2. The van der Waals surface area contributed by atoms with Gasteiger partial charge >= 0.3 is 0 Å². The minimum Gasteiger partial charge on any atom is -0.489 e. The number of benzene rings is 1. The van der Waals surface area contributed by atoms with Gasteiger partial charge in [0.05, 0.1) is 27.4 Å². The standard InChI is InChI=1S/C22H21Cl2N7O2/c1-30-8-13(9-30)10-31-11-14(5-26-31)27-22(32)21-16-4-15(2-3-20(16)28-29-21)33-12-17-18(23)6-25-7-19(17)24/h2-7,11,13H,8-10,12H2,1H3,(H,27,32)(H,28,29). The molecule has 1 saturated heterocycles. The summed E-state index contributed by atoms with van der Waals surface area (Å²) in [5.74, 6) is 0.811. The number of aromatic nitrogens is 5. The maximum absolute atomic E-state index is 12.9. The molecule has 0 spiro atoms. The Hall–Kier alpha value is -3.14. The molecule has 0 saturated carbocycles. The molecular weight excluding hydrogens is 465 g/mol. The summed E-state index contributed by atoms with van der Waals surface area (Å²) in [7, 11) is 2.10. The van der Waals surface area contributed by atoms with Crippen LogP contribution in [-0.4, -0.2) is 55.9 Å². The molecule has 1 amide bonds. The number of hydrogen-bond acceptors (Lipinski definition) is 6. The van der Waals surface area contributed by atoms with Crippen molar-refractivity contribution in [2.24, 2.45) is 5.92 Å². The predicted molar refractivity (Wildman–Crippen MR) is 126 cm³/mol. The smallest absolute Gasteiger partial charge is 0.276 e. The fraction of sp³-hybridized carbons (Fsp3) is 0.273. The topological polar surface area (TPSA) is 101 Å². The molecule has 1 aromatic carbocycles. The summed E-state index contributed by atoms with van der Waals surface area (Å²) in [6.45, 7) is 3.12. The van der Waals surface area contributed by atoms with Crippen LogP contribution in [0.25, 0.3) is 10.9 Å². The van der Waals surface area contributed by atoms with Crippen LogP contribution < -0.4 is 10.1 Å². The number of pyridine rings is 1. The first-order valence-electron chi connectivity index (χ1n) is 10.4. The molecule has 170 valence electrons. The molecule has 0 atom stereocenters. The van der Waals surface area contributed by atoms with Gasteiger partial charge in [0.2, 0.25) is 0 Å². The molecule has 33 heavy (non-hydrogen) atoms. The van der Waals surface area contributed by atoms with Crippen molar-refractivity contribution in [3.8, 4) is 5.75 Å². The Labute approximate surface area is 199 Å². The summed E-state index contributed by atoms with van der Waals surface area (Å²) < 4.78 is 7.72. The number of nitrogens with zero attached hydrogens (tertiary/aromatic N) is 5. The number of carbonyl (C=O) groups is 1. The first kappa shape index (κ1) is 21.7. The van der Waals surface area contributed by atoms with Crippen molar-refractivity contribution < 1.29 is 9.53 Å². The molecule has 4 aromatic rings. The first-order valence-corrected chi connectivity index (χ1v) is 11.1. The Balaban J connectivity index is 1.28. The van der Waals surface area contributed by atoms with Gasteiger partial charge in [-0.05, 0) is 25.2 Å². The van der Waals surface area contributed by atoms with Gasteiger partial charge in [0, 0.05) is 55.1 Å². The second kappa shape index (κ2) is 9.01. The third-order valence-electron chi connectivity index (χ3n) is 5.56. The minimum atomic E-state index is -0.332. The minimum absolute atomic E-state index is 0.168. The predicted octanol–water partition coefficient (Wildman–Crippen LogP) is 3.85. The Morgan fingerprint density at radius 1 is 1.24 bits per heavy atom. The van der Waals surface area contributed by atoms with Gasteiger partial charge < -0.3 is 15.0 Å². The van der Waals surface area contributed by atoms with E-state index in [1.54, 1.807) is 24.4 Å². The summed E-state index contributed by atoms with van der Waals surface area (Å²) >= 11 is 12.3.